The maximum atomic E-state index is 10.8. The molecule has 1 aromatic rings. The van der Waals surface area contributed by atoms with E-state index in [0.29, 0.717) is 11.8 Å². The van der Waals surface area contributed by atoms with Gasteiger partial charge < -0.3 is 4.52 Å². The molecule has 2 heterocycles. The first-order chi connectivity index (χ1) is 6.75. The fraction of sp³-hybridized carbons (Fsp3) is 0.667. The Hall–Kier alpha value is -0.840. The van der Waals surface area contributed by atoms with Crippen LogP contribution in [0.4, 0.5) is 0 Å². The Labute approximate surface area is 86.4 Å². The van der Waals surface area contributed by atoms with Gasteiger partial charge in [-0.15, -0.1) is 0 Å². The summed E-state index contributed by atoms with van der Waals surface area (Å²) < 4.78 is 5.00. The van der Waals surface area contributed by atoms with Gasteiger partial charge in [-0.25, -0.2) is 0 Å². The van der Waals surface area contributed by atoms with Crippen molar-refractivity contribution in [1.82, 2.24) is 10.1 Å². The van der Waals surface area contributed by atoms with Crippen molar-refractivity contribution in [3.63, 3.8) is 0 Å². The van der Waals surface area contributed by atoms with Gasteiger partial charge in [-0.1, -0.05) is 5.16 Å². The van der Waals surface area contributed by atoms with Crippen molar-refractivity contribution in [3.05, 3.63) is 11.7 Å². The molecule has 0 saturated carbocycles. The lowest BCUT2D eigenvalue weighted by atomic mass is 10.1. The Morgan fingerprint density at radius 2 is 2.57 bits per heavy atom. The average molecular weight is 212 g/mol. The van der Waals surface area contributed by atoms with Gasteiger partial charge in [0.25, 0.3) is 0 Å². The second-order valence-electron chi connectivity index (χ2n) is 3.49. The summed E-state index contributed by atoms with van der Waals surface area (Å²) in [6.45, 7) is 1.52. The van der Waals surface area contributed by atoms with Gasteiger partial charge >= 0.3 is 0 Å². The van der Waals surface area contributed by atoms with E-state index in [1.807, 2.05) is 11.8 Å². The van der Waals surface area contributed by atoms with E-state index in [9.17, 15) is 4.79 Å². The standard InChI is InChI=1S/C9H12N2O2S/c1-6(12)4-8-10-9(11-13-8)7-2-3-14-5-7/h7H,2-5H2,1H3. The zero-order valence-electron chi connectivity index (χ0n) is 8.02. The Balaban J connectivity index is 2.05. The van der Waals surface area contributed by atoms with Gasteiger partial charge in [0.05, 0.1) is 6.42 Å². The zero-order valence-corrected chi connectivity index (χ0v) is 8.84. The predicted molar refractivity (Wildman–Crippen MR) is 53.4 cm³/mol. The van der Waals surface area contributed by atoms with Crippen LogP contribution in [0.3, 0.4) is 0 Å². The average Bonchev–Trinajstić information content (AvgIpc) is 2.69. The first-order valence-electron chi connectivity index (χ1n) is 4.65. The fourth-order valence-corrected chi connectivity index (χ4v) is 2.67. The number of thioether (sulfide) groups is 1. The molecule has 0 spiro atoms. The van der Waals surface area contributed by atoms with Crippen LogP contribution in [0.15, 0.2) is 4.52 Å². The fourth-order valence-electron chi connectivity index (χ4n) is 1.46. The van der Waals surface area contributed by atoms with Crippen molar-refractivity contribution < 1.29 is 9.32 Å². The number of hydrogen-bond donors (Lipinski definition) is 0. The highest BCUT2D eigenvalue weighted by Gasteiger charge is 2.22. The van der Waals surface area contributed by atoms with Crippen molar-refractivity contribution in [2.24, 2.45) is 0 Å². The second kappa shape index (κ2) is 4.13. The summed E-state index contributed by atoms with van der Waals surface area (Å²) in [6.07, 6.45) is 1.37. The number of carbonyl (C=O) groups is 1. The van der Waals surface area contributed by atoms with Crippen molar-refractivity contribution in [2.45, 2.75) is 25.7 Å². The highest BCUT2D eigenvalue weighted by Crippen LogP contribution is 2.30. The Morgan fingerprint density at radius 1 is 1.71 bits per heavy atom. The lowest BCUT2D eigenvalue weighted by molar-refractivity contribution is -0.116. The summed E-state index contributed by atoms with van der Waals surface area (Å²) in [7, 11) is 0. The molecule has 1 atom stereocenters. The molecule has 0 bridgehead atoms. The first-order valence-corrected chi connectivity index (χ1v) is 5.81. The maximum Gasteiger partial charge on any atom is 0.234 e. The summed E-state index contributed by atoms with van der Waals surface area (Å²) in [5.41, 5.74) is 0. The maximum absolute atomic E-state index is 10.8. The SMILES string of the molecule is CC(=O)Cc1nc(C2CCSC2)no1. The highest BCUT2D eigenvalue weighted by atomic mass is 32.2. The summed E-state index contributed by atoms with van der Waals surface area (Å²) >= 11 is 1.91. The van der Waals surface area contributed by atoms with E-state index in [0.717, 1.165) is 18.0 Å². The minimum atomic E-state index is 0.0565. The van der Waals surface area contributed by atoms with Crippen LogP contribution in [0.5, 0.6) is 0 Å². The molecule has 4 nitrogen and oxygen atoms in total. The summed E-state index contributed by atoms with van der Waals surface area (Å²) in [4.78, 5) is 15.0. The van der Waals surface area contributed by atoms with Crippen LogP contribution < -0.4 is 0 Å². The Bertz CT molecular complexity index is 331. The molecular formula is C9H12N2O2S. The predicted octanol–water partition coefficient (Wildman–Crippen LogP) is 1.42. The third-order valence-corrected chi connectivity index (χ3v) is 3.34. The van der Waals surface area contributed by atoms with Gasteiger partial charge in [0.2, 0.25) is 5.89 Å². The Morgan fingerprint density at radius 3 is 3.21 bits per heavy atom. The molecule has 5 heteroatoms. The first kappa shape index (κ1) is 9.71. The second-order valence-corrected chi connectivity index (χ2v) is 4.64. The van der Waals surface area contributed by atoms with Crippen LogP contribution in [0, 0.1) is 0 Å². The van der Waals surface area contributed by atoms with E-state index in [1.54, 1.807) is 0 Å². The molecule has 1 aromatic heterocycles. The van der Waals surface area contributed by atoms with Crippen molar-refractivity contribution in [1.29, 1.82) is 0 Å². The van der Waals surface area contributed by atoms with Crippen molar-refractivity contribution >= 4 is 17.5 Å². The summed E-state index contributed by atoms with van der Waals surface area (Å²) in [5.74, 6) is 3.93. The third kappa shape index (κ3) is 2.15. The van der Waals surface area contributed by atoms with E-state index in [1.165, 1.54) is 12.7 Å². The number of hydrogen-bond acceptors (Lipinski definition) is 5. The number of aromatic nitrogens is 2. The molecule has 1 aliphatic heterocycles. The molecule has 0 amide bonds. The van der Waals surface area contributed by atoms with Gasteiger partial charge in [0.1, 0.15) is 5.78 Å². The zero-order chi connectivity index (χ0) is 9.97. The number of ketones is 1. The van der Waals surface area contributed by atoms with Crippen molar-refractivity contribution in [3.8, 4) is 0 Å². The molecule has 76 valence electrons. The number of rotatable bonds is 3. The molecule has 1 aliphatic rings. The Kier molecular flexibility index (Phi) is 2.86. The number of nitrogens with zero attached hydrogens (tertiary/aromatic N) is 2. The molecule has 0 aliphatic carbocycles. The van der Waals surface area contributed by atoms with Crippen LogP contribution in [0.1, 0.15) is 31.0 Å². The van der Waals surface area contributed by atoms with Crippen LogP contribution in [0.2, 0.25) is 0 Å². The van der Waals surface area contributed by atoms with Crippen LogP contribution in [-0.2, 0) is 11.2 Å². The van der Waals surface area contributed by atoms with E-state index < -0.39 is 0 Å². The van der Waals surface area contributed by atoms with Gasteiger partial charge in [-0.2, -0.15) is 16.7 Å². The normalized spacial score (nSPS) is 21.4. The summed E-state index contributed by atoms with van der Waals surface area (Å²) in [6, 6.07) is 0. The van der Waals surface area contributed by atoms with E-state index >= 15 is 0 Å². The molecule has 0 aromatic carbocycles. The number of Topliss-reactive ketones (excluding diaryl/α,β-unsaturated/α-hetero) is 1. The number of carbonyl (C=O) groups excluding carboxylic acids is 1. The van der Waals surface area contributed by atoms with Crippen LogP contribution in [-0.4, -0.2) is 27.4 Å². The molecule has 1 unspecified atom stereocenters. The van der Waals surface area contributed by atoms with Gasteiger partial charge in [0.15, 0.2) is 5.82 Å². The minimum Gasteiger partial charge on any atom is -0.339 e. The summed E-state index contributed by atoms with van der Waals surface area (Å²) in [5, 5.41) is 3.90. The lowest BCUT2D eigenvalue weighted by Gasteiger charge is -1.98. The molecule has 0 radical (unpaired) electrons. The lowest BCUT2D eigenvalue weighted by Crippen LogP contribution is -2.00. The van der Waals surface area contributed by atoms with E-state index in [-0.39, 0.29) is 12.2 Å². The van der Waals surface area contributed by atoms with Crippen LogP contribution >= 0.6 is 11.8 Å². The van der Waals surface area contributed by atoms with Gasteiger partial charge in [0, 0.05) is 11.7 Å². The molecule has 1 fully saturated rings. The molecular weight excluding hydrogens is 200 g/mol. The molecule has 1 saturated heterocycles. The quantitative estimate of drug-likeness (QED) is 0.758. The highest BCUT2D eigenvalue weighted by molar-refractivity contribution is 7.99. The molecule has 14 heavy (non-hydrogen) atoms. The van der Waals surface area contributed by atoms with E-state index in [4.69, 9.17) is 4.52 Å². The smallest absolute Gasteiger partial charge is 0.234 e. The monoisotopic (exact) mass is 212 g/mol. The molecule has 2 rings (SSSR count). The van der Waals surface area contributed by atoms with Gasteiger partial charge in [-0.05, 0) is 19.1 Å². The molecule has 0 N–H and O–H groups in total. The van der Waals surface area contributed by atoms with Gasteiger partial charge in [-0.3, -0.25) is 4.79 Å². The third-order valence-electron chi connectivity index (χ3n) is 2.18. The largest absolute Gasteiger partial charge is 0.339 e. The topological polar surface area (TPSA) is 56.0 Å². The van der Waals surface area contributed by atoms with Crippen molar-refractivity contribution in [2.75, 3.05) is 11.5 Å². The van der Waals surface area contributed by atoms with Crippen LogP contribution in [0.25, 0.3) is 0 Å². The van der Waals surface area contributed by atoms with E-state index in [2.05, 4.69) is 10.1 Å². The minimum absolute atomic E-state index is 0.0565.